The van der Waals surface area contributed by atoms with E-state index in [0.717, 1.165) is 27.2 Å². The Labute approximate surface area is 197 Å². The second kappa shape index (κ2) is 8.50. The first kappa shape index (κ1) is 22.0. The summed E-state index contributed by atoms with van der Waals surface area (Å²) in [6, 6.07) is 15.0. The smallest absolute Gasteiger partial charge is 0.251 e. The van der Waals surface area contributed by atoms with Gasteiger partial charge in [-0.3, -0.25) is 9.78 Å². The lowest BCUT2D eigenvalue weighted by atomic mass is 10.0. The molecule has 0 bridgehead atoms. The highest BCUT2D eigenvalue weighted by Crippen LogP contribution is 2.44. The van der Waals surface area contributed by atoms with Crippen LogP contribution < -0.4 is 19.5 Å². The molecule has 1 aliphatic heterocycles. The monoisotopic (exact) mass is 458 g/mol. The van der Waals surface area contributed by atoms with Gasteiger partial charge in [-0.25, -0.2) is 0 Å². The Morgan fingerprint density at radius 2 is 2.03 bits per heavy atom. The van der Waals surface area contributed by atoms with Crippen molar-refractivity contribution in [2.45, 2.75) is 25.9 Å². The number of hydrogen-bond acceptors (Lipinski definition) is 6. The zero-order chi connectivity index (χ0) is 23.9. The van der Waals surface area contributed by atoms with Gasteiger partial charge in [0, 0.05) is 36.9 Å². The molecule has 7 nitrogen and oxygen atoms in total. The number of aromatic nitrogens is 1. The molecule has 0 radical (unpaired) electrons. The molecule has 0 atom stereocenters. The Bertz CT molecular complexity index is 1410. The zero-order valence-corrected chi connectivity index (χ0v) is 19.3. The molecule has 0 saturated carbocycles. The fraction of sp³-hybridized carbons (Fsp3) is 0.259. The van der Waals surface area contributed by atoms with Crippen molar-refractivity contribution in [3.05, 3.63) is 65.9 Å². The van der Waals surface area contributed by atoms with Crippen molar-refractivity contribution in [2.75, 3.05) is 20.3 Å². The van der Waals surface area contributed by atoms with Crippen LogP contribution in [0.5, 0.6) is 23.0 Å². The first-order chi connectivity index (χ1) is 16.3. The molecular formula is C27H26N2O5. The van der Waals surface area contributed by atoms with Gasteiger partial charge in [-0.2, -0.15) is 0 Å². The molecule has 4 aromatic rings. The highest BCUT2D eigenvalue weighted by atomic mass is 16.5. The Balaban J connectivity index is 1.54. The summed E-state index contributed by atoms with van der Waals surface area (Å²) in [5, 5.41) is 15.4. The minimum absolute atomic E-state index is 0.127. The second-order valence-corrected chi connectivity index (χ2v) is 8.95. The lowest BCUT2D eigenvalue weighted by Crippen LogP contribution is -2.28. The van der Waals surface area contributed by atoms with Crippen LogP contribution in [-0.4, -0.2) is 41.9 Å². The summed E-state index contributed by atoms with van der Waals surface area (Å²) in [5.74, 6) is 2.44. The predicted octanol–water partition coefficient (Wildman–Crippen LogP) is 4.62. The van der Waals surface area contributed by atoms with E-state index in [-0.39, 0.29) is 12.5 Å². The van der Waals surface area contributed by atoms with Gasteiger partial charge in [0.25, 0.3) is 5.91 Å². The predicted molar refractivity (Wildman–Crippen MR) is 130 cm³/mol. The van der Waals surface area contributed by atoms with Crippen LogP contribution in [0.4, 0.5) is 0 Å². The molecule has 0 aliphatic carbocycles. The Hall–Kier alpha value is -3.84. The Morgan fingerprint density at radius 3 is 2.82 bits per heavy atom. The van der Waals surface area contributed by atoms with Crippen LogP contribution in [0.3, 0.4) is 0 Å². The number of hydrogen-bond donors (Lipinski definition) is 2. The number of aliphatic hydroxyl groups is 1. The summed E-state index contributed by atoms with van der Waals surface area (Å²) >= 11 is 0. The van der Waals surface area contributed by atoms with Crippen molar-refractivity contribution in [2.24, 2.45) is 0 Å². The molecule has 1 aliphatic rings. The van der Waals surface area contributed by atoms with Gasteiger partial charge in [-0.15, -0.1) is 0 Å². The van der Waals surface area contributed by atoms with E-state index in [1.54, 1.807) is 33.2 Å². The van der Waals surface area contributed by atoms with E-state index in [0.29, 0.717) is 41.6 Å². The van der Waals surface area contributed by atoms with E-state index in [1.165, 1.54) is 0 Å². The summed E-state index contributed by atoms with van der Waals surface area (Å²) in [6.07, 6.45) is 2.41. The van der Waals surface area contributed by atoms with Gasteiger partial charge in [-0.05, 0) is 55.0 Å². The molecule has 3 aromatic carbocycles. The van der Waals surface area contributed by atoms with E-state index in [1.807, 2.05) is 42.5 Å². The van der Waals surface area contributed by atoms with Crippen molar-refractivity contribution in [1.82, 2.24) is 10.3 Å². The maximum absolute atomic E-state index is 12.2. The lowest BCUT2D eigenvalue weighted by molar-refractivity contribution is 0.0276. The minimum Gasteiger partial charge on any atom is -0.489 e. The molecule has 34 heavy (non-hydrogen) atoms. The highest BCUT2D eigenvalue weighted by Gasteiger charge is 2.25. The average molecular weight is 459 g/mol. The fourth-order valence-electron chi connectivity index (χ4n) is 4.21. The molecule has 0 fully saturated rings. The number of ether oxygens (including phenoxy) is 3. The normalized spacial score (nSPS) is 12.9. The van der Waals surface area contributed by atoms with Gasteiger partial charge in [0.1, 0.15) is 18.1 Å². The summed E-state index contributed by atoms with van der Waals surface area (Å²) in [7, 11) is 1.62. The van der Waals surface area contributed by atoms with Crippen molar-refractivity contribution < 1.29 is 24.1 Å². The molecule has 5 rings (SSSR count). The largest absolute Gasteiger partial charge is 0.489 e. The number of pyridine rings is 1. The number of rotatable bonds is 6. The van der Waals surface area contributed by atoms with Crippen LogP contribution in [0.1, 0.15) is 29.8 Å². The van der Waals surface area contributed by atoms with E-state index < -0.39 is 5.60 Å². The molecule has 0 spiro atoms. The summed E-state index contributed by atoms with van der Waals surface area (Å²) in [5.41, 5.74) is 1.37. The van der Waals surface area contributed by atoms with Crippen molar-refractivity contribution in [1.29, 1.82) is 0 Å². The van der Waals surface area contributed by atoms with Crippen LogP contribution in [0.15, 0.2) is 54.7 Å². The number of nitrogens with one attached hydrogen (secondary N) is 1. The molecule has 0 unspecified atom stereocenters. The number of carbonyl (C=O) groups is 1. The van der Waals surface area contributed by atoms with Gasteiger partial charge < -0.3 is 24.6 Å². The van der Waals surface area contributed by atoms with Gasteiger partial charge >= 0.3 is 0 Å². The number of amides is 1. The summed E-state index contributed by atoms with van der Waals surface area (Å²) in [4.78, 5) is 16.7. The van der Waals surface area contributed by atoms with E-state index in [4.69, 9.17) is 14.2 Å². The molecule has 174 valence electrons. The molecular weight excluding hydrogens is 432 g/mol. The van der Waals surface area contributed by atoms with Crippen LogP contribution in [-0.2, 0) is 6.42 Å². The quantitative estimate of drug-likeness (QED) is 0.438. The third-order valence-electron chi connectivity index (χ3n) is 5.74. The summed E-state index contributed by atoms with van der Waals surface area (Å²) in [6.45, 7) is 4.07. The third-order valence-corrected chi connectivity index (χ3v) is 5.74. The molecule has 1 aromatic heterocycles. The molecule has 2 N–H and O–H groups in total. The first-order valence-electron chi connectivity index (χ1n) is 11.2. The second-order valence-electron chi connectivity index (χ2n) is 8.95. The minimum atomic E-state index is -0.966. The van der Waals surface area contributed by atoms with Crippen LogP contribution in [0.2, 0.25) is 0 Å². The Kier molecular flexibility index (Phi) is 5.49. The maximum atomic E-state index is 12.2. The van der Waals surface area contributed by atoms with Gasteiger partial charge in [-0.1, -0.05) is 12.1 Å². The Morgan fingerprint density at radius 1 is 1.18 bits per heavy atom. The summed E-state index contributed by atoms with van der Waals surface area (Å²) < 4.78 is 18.1. The standard InChI is InChI=1S/C27H26N2O5/c1-27(2,31)15-33-23-14-21-24(20-10-12-32-25(20)23)22(9-11-29-21)34-17-7-8-18-16(13-17)5-4-6-19(18)26(30)28-3/h4-9,11,13-14,31H,10,12,15H2,1-3H3,(H,28,30). The SMILES string of the molecule is CNC(=O)c1cccc2cc(Oc3ccnc4cc(OCC(C)(C)O)c5c(c34)CCO5)ccc12. The molecule has 1 amide bonds. The number of carbonyl (C=O) groups excluding carboxylic acids is 1. The zero-order valence-electron chi connectivity index (χ0n) is 19.3. The number of fused-ring (bicyclic) bond motifs is 4. The van der Waals surface area contributed by atoms with Crippen molar-refractivity contribution in [3.8, 4) is 23.0 Å². The third kappa shape index (κ3) is 4.10. The van der Waals surface area contributed by atoms with Crippen LogP contribution in [0, 0.1) is 0 Å². The average Bonchev–Trinajstić information content (AvgIpc) is 3.31. The fourth-order valence-corrected chi connectivity index (χ4v) is 4.21. The molecule has 0 saturated heterocycles. The van der Waals surface area contributed by atoms with E-state index >= 15 is 0 Å². The highest BCUT2D eigenvalue weighted by molar-refractivity contribution is 6.07. The van der Waals surface area contributed by atoms with Crippen LogP contribution >= 0.6 is 0 Å². The van der Waals surface area contributed by atoms with Gasteiger partial charge in [0.05, 0.1) is 23.1 Å². The number of nitrogens with zero attached hydrogens (tertiary/aromatic N) is 1. The lowest BCUT2D eigenvalue weighted by Gasteiger charge is -2.20. The van der Waals surface area contributed by atoms with E-state index in [9.17, 15) is 9.90 Å². The maximum Gasteiger partial charge on any atom is 0.251 e. The number of benzene rings is 3. The van der Waals surface area contributed by atoms with Crippen molar-refractivity contribution in [3.63, 3.8) is 0 Å². The van der Waals surface area contributed by atoms with Gasteiger partial charge in [0.15, 0.2) is 11.5 Å². The van der Waals surface area contributed by atoms with Gasteiger partial charge in [0.2, 0.25) is 0 Å². The molecule has 7 heteroatoms. The topological polar surface area (TPSA) is 89.9 Å². The first-order valence-corrected chi connectivity index (χ1v) is 11.2. The van der Waals surface area contributed by atoms with E-state index in [2.05, 4.69) is 10.3 Å². The molecule has 2 heterocycles. The van der Waals surface area contributed by atoms with Crippen molar-refractivity contribution >= 4 is 27.6 Å². The van der Waals surface area contributed by atoms with Crippen LogP contribution in [0.25, 0.3) is 21.7 Å².